The van der Waals surface area contributed by atoms with Gasteiger partial charge in [0.05, 0.1) is 5.54 Å². The van der Waals surface area contributed by atoms with E-state index in [0.717, 1.165) is 10.9 Å². The van der Waals surface area contributed by atoms with Crippen molar-refractivity contribution < 1.29 is 5.11 Å². The summed E-state index contributed by atoms with van der Waals surface area (Å²) in [5, 5.41) is 16.6. The van der Waals surface area contributed by atoms with Crippen LogP contribution in [0, 0.1) is 27.7 Å². The summed E-state index contributed by atoms with van der Waals surface area (Å²) in [7, 11) is 1.99. The second-order valence-corrected chi connectivity index (χ2v) is 7.49. The van der Waals surface area contributed by atoms with Crippen LogP contribution in [0.5, 0.6) is 5.75 Å². The molecule has 0 radical (unpaired) electrons. The second-order valence-electron chi connectivity index (χ2n) is 7.49. The second kappa shape index (κ2) is 5.09. The van der Waals surface area contributed by atoms with Crippen molar-refractivity contribution in [1.82, 2.24) is 5.32 Å². The minimum absolute atomic E-state index is 0.295. The largest absolute Gasteiger partial charge is 0.507 e. The highest BCUT2D eigenvalue weighted by Crippen LogP contribution is 2.53. The van der Waals surface area contributed by atoms with Crippen molar-refractivity contribution in [3.63, 3.8) is 0 Å². The maximum atomic E-state index is 10.9. The van der Waals surface area contributed by atoms with Crippen LogP contribution < -0.4 is 5.32 Å². The van der Waals surface area contributed by atoms with Crippen LogP contribution in [0.3, 0.4) is 0 Å². The Balaban J connectivity index is 2.31. The van der Waals surface area contributed by atoms with E-state index in [4.69, 9.17) is 0 Å². The number of rotatable bonds is 1. The number of benzene rings is 3. The highest BCUT2D eigenvalue weighted by molar-refractivity contribution is 6.08. The third-order valence-corrected chi connectivity index (χ3v) is 6.52. The Morgan fingerprint density at radius 1 is 0.840 bits per heavy atom. The molecule has 3 aromatic rings. The summed E-state index contributed by atoms with van der Waals surface area (Å²) in [6, 6.07) is 10.6. The van der Waals surface area contributed by atoms with E-state index in [-0.39, 0.29) is 5.54 Å². The van der Waals surface area contributed by atoms with Crippen molar-refractivity contribution in [2.45, 2.75) is 40.2 Å². The van der Waals surface area contributed by atoms with E-state index in [1.165, 1.54) is 44.3 Å². The molecule has 3 aromatic carbocycles. The molecule has 0 spiro atoms. The molecule has 0 saturated carbocycles. The van der Waals surface area contributed by atoms with Crippen LogP contribution in [0.25, 0.3) is 21.9 Å². The molecule has 1 unspecified atom stereocenters. The van der Waals surface area contributed by atoms with E-state index in [1.54, 1.807) is 0 Å². The maximum absolute atomic E-state index is 10.9. The molecule has 2 N–H and O–H groups in total. The Morgan fingerprint density at radius 3 is 2.08 bits per heavy atom. The predicted molar refractivity (Wildman–Crippen MR) is 106 cm³/mol. The van der Waals surface area contributed by atoms with E-state index >= 15 is 0 Å². The molecule has 0 heterocycles. The quantitative estimate of drug-likeness (QED) is 0.639. The number of fused-ring (bicyclic) bond motifs is 5. The first-order chi connectivity index (χ1) is 11.8. The van der Waals surface area contributed by atoms with E-state index in [1.807, 2.05) is 13.1 Å². The summed E-state index contributed by atoms with van der Waals surface area (Å²) >= 11 is 0. The molecule has 0 aliphatic heterocycles. The minimum atomic E-state index is -0.295. The fourth-order valence-electron chi connectivity index (χ4n) is 4.59. The molecular formula is C23H25NO. The molecule has 2 heteroatoms. The smallest absolute Gasteiger partial charge is 0.124 e. The SMILES string of the molecule is CNC1(C)c2ccccc2-c2c1cc(O)c1c(C)c(C)c(C)c(C)c21. The van der Waals surface area contributed by atoms with Gasteiger partial charge in [0, 0.05) is 5.39 Å². The fourth-order valence-corrected chi connectivity index (χ4v) is 4.59. The summed E-state index contributed by atoms with van der Waals surface area (Å²) in [6.45, 7) is 10.8. The fraction of sp³-hybridized carbons (Fsp3) is 0.304. The van der Waals surface area contributed by atoms with Gasteiger partial charge in [-0.2, -0.15) is 0 Å². The minimum Gasteiger partial charge on any atom is -0.507 e. The molecule has 25 heavy (non-hydrogen) atoms. The zero-order valence-electron chi connectivity index (χ0n) is 15.8. The van der Waals surface area contributed by atoms with Gasteiger partial charge in [-0.05, 0) is 97.6 Å². The Kier molecular flexibility index (Phi) is 3.29. The highest BCUT2D eigenvalue weighted by atomic mass is 16.3. The van der Waals surface area contributed by atoms with Gasteiger partial charge >= 0.3 is 0 Å². The zero-order chi connectivity index (χ0) is 18.1. The number of hydrogen-bond donors (Lipinski definition) is 2. The lowest BCUT2D eigenvalue weighted by atomic mass is 9.84. The molecule has 1 aliphatic rings. The van der Waals surface area contributed by atoms with Gasteiger partial charge in [-0.25, -0.2) is 0 Å². The number of phenolic OH excluding ortho intramolecular Hbond substituents is 1. The summed E-state index contributed by atoms with van der Waals surface area (Å²) in [5.74, 6) is 0.381. The summed E-state index contributed by atoms with van der Waals surface area (Å²) in [4.78, 5) is 0. The molecule has 1 atom stereocenters. The van der Waals surface area contributed by atoms with E-state index < -0.39 is 0 Å². The lowest BCUT2D eigenvalue weighted by molar-refractivity contribution is 0.469. The molecule has 128 valence electrons. The van der Waals surface area contributed by atoms with Gasteiger partial charge in [-0.1, -0.05) is 24.3 Å². The van der Waals surface area contributed by atoms with Crippen LogP contribution in [0.2, 0.25) is 0 Å². The van der Waals surface area contributed by atoms with Gasteiger partial charge in [0.15, 0.2) is 0 Å². The van der Waals surface area contributed by atoms with E-state index in [0.29, 0.717) is 5.75 Å². The van der Waals surface area contributed by atoms with Gasteiger partial charge < -0.3 is 10.4 Å². The van der Waals surface area contributed by atoms with Crippen molar-refractivity contribution in [1.29, 1.82) is 0 Å². The Hall–Kier alpha value is -2.32. The highest BCUT2D eigenvalue weighted by Gasteiger charge is 2.40. The van der Waals surface area contributed by atoms with Crippen molar-refractivity contribution in [2.24, 2.45) is 0 Å². The van der Waals surface area contributed by atoms with Gasteiger partial charge in [0.1, 0.15) is 5.75 Å². The molecular weight excluding hydrogens is 306 g/mol. The molecule has 0 saturated heterocycles. The third-order valence-electron chi connectivity index (χ3n) is 6.52. The molecule has 0 amide bonds. The average molecular weight is 331 g/mol. The van der Waals surface area contributed by atoms with Crippen LogP contribution in [0.1, 0.15) is 40.3 Å². The van der Waals surface area contributed by atoms with E-state index in [9.17, 15) is 5.11 Å². The Labute approximate surface area is 149 Å². The lowest BCUT2D eigenvalue weighted by Gasteiger charge is -2.27. The van der Waals surface area contributed by atoms with Crippen molar-refractivity contribution >= 4 is 10.8 Å². The van der Waals surface area contributed by atoms with Crippen molar-refractivity contribution in [2.75, 3.05) is 7.05 Å². The standard InChI is InChI=1S/C23H25NO/c1-12-13(2)15(4)21-20(14(12)3)19(25)11-18-22(21)16-9-7-8-10-17(16)23(18,5)24-6/h7-11,24-25H,1-6H3. The lowest BCUT2D eigenvalue weighted by Crippen LogP contribution is -2.35. The van der Waals surface area contributed by atoms with Gasteiger partial charge in [-0.15, -0.1) is 0 Å². The van der Waals surface area contributed by atoms with Crippen molar-refractivity contribution in [3.8, 4) is 16.9 Å². The first-order valence-corrected chi connectivity index (χ1v) is 8.88. The molecule has 2 nitrogen and oxygen atoms in total. The molecule has 4 rings (SSSR count). The number of nitrogens with one attached hydrogen (secondary N) is 1. The summed E-state index contributed by atoms with van der Waals surface area (Å²) < 4.78 is 0. The van der Waals surface area contributed by atoms with Crippen LogP contribution in [0.15, 0.2) is 30.3 Å². The summed E-state index contributed by atoms with van der Waals surface area (Å²) in [5.41, 5.74) is 9.69. The van der Waals surface area contributed by atoms with Crippen LogP contribution in [-0.4, -0.2) is 12.2 Å². The normalized spacial score (nSPS) is 18.5. The predicted octanol–water partition coefficient (Wildman–Crippen LogP) is 5.24. The van der Waals surface area contributed by atoms with Gasteiger partial charge in [-0.3, -0.25) is 0 Å². The molecule has 0 aromatic heterocycles. The average Bonchev–Trinajstić information content (AvgIpc) is 2.87. The van der Waals surface area contributed by atoms with Crippen LogP contribution in [-0.2, 0) is 5.54 Å². The number of phenols is 1. The molecule has 0 fully saturated rings. The number of aryl methyl sites for hydroxylation is 2. The molecule has 0 bridgehead atoms. The zero-order valence-corrected chi connectivity index (χ0v) is 15.8. The Bertz CT molecular complexity index is 1050. The van der Waals surface area contributed by atoms with E-state index in [2.05, 4.69) is 64.2 Å². The van der Waals surface area contributed by atoms with Gasteiger partial charge in [0.25, 0.3) is 0 Å². The first-order valence-electron chi connectivity index (χ1n) is 8.88. The first kappa shape index (κ1) is 16.2. The Morgan fingerprint density at radius 2 is 1.44 bits per heavy atom. The number of hydrogen-bond acceptors (Lipinski definition) is 2. The maximum Gasteiger partial charge on any atom is 0.124 e. The monoisotopic (exact) mass is 331 g/mol. The van der Waals surface area contributed by atoms with Crippen LogP contribution >= 0.6 is 0 Å². The number of aromatic hydroxyl groups is 1. The van der Waals surface area contributed by atoms with Crippen molar-refractivity contribution in [3.05, 3.63) is 63.7 Å². The molecule has 1 aliphatic carbocycles. The third kappa shape index (κ3) is 1.83. The topological polar surface area (TPSA) is 32.3 Å². The summed E-state index contributed by atoms with van der Waals surface area (Å²) in [6.07, 6.45) is 0. The van der Waals surface area contributed by atoms with Crippen LogP contribution in [0.4, 0.5) is 0 Å². The van der Waals surface area contributed by atoms with Gasteiger partial charge in [0.2, 0.25) is 0 Å².